The standard InChI is InChI=1S/C21H46N2S/c1-16(2)23(11)18(4)14-19(5)24-13-12-21(9,10)22-17(3)15-20(6,7)8/h16-19,22H,12-15H2,1-11H3. The van der Waals surface area contributed by atoms with Crippen LogP contribution in [0.3, 0.4) is 0 Å². The number of rotatable bonds is 11. The number of hydrogen-bond acceptors (Lipinski definition) is 3. The zero-order chi connectivity index (χ0) is 19.1. The molecule has 0 spiro atoms. The maximum atomic E-state index is 3.84. The minimum Gasteiger partial charge on any atom is -0.309 e. The lowest BCUT2D eigenvalue weighted by Crippen LogP contribution is -2.46. The molecule has 146 valence electrons. The summed E-state index contributed by atoms with van der Waals surface area (Å²) in [5.41, 5.74) is 0.613. The van der Waals surface area contributed by atoms with Crippen LogP contribution in [0.2, 0.25) is 0 Å². The van der Waals surface area contributed by atoms with Crippen LogP contribution in [0.1, 0.15) is 88.5 Å². The fourth-order valence-corrected chi connectivity index (χ4v) is 4.89. The lowest BCUT2D eigenvalue weighted by Gasteiger charge is -2.34. The first kappa shape index (κ1) is 24.3. The van der Waals surface area contributed by atoms with Gasteiger partial charge in [0.2, 0.25) is 0 Å². The van der Waals surface area contributed by atoms with Gasteiger partial charge < -0.3 is 10.2 Å². The molecule has 0 aliphatic carbocycles. The molecule has 0 saturated heterocycles. The van der Waals surface area contributed by atoms with E-state index >= 15 is 0 Å². The second-order valence-electron chi connectivity index (χ2n) is 9.97. The summed E-state index contributed by atoms with van der Waals surface area (Å²) < 4.78 is 0. The molecule has 0 aromatic carbocycles. The van der Waals surface area contributed by atoms with Crippen LogP contribution in [0.4, 0.5) is 0 Å². The third-order valence-electron chi connectivity index (χ3n) is 4.87. The van der Waals surface area contributed by atoms with Crippen LogP contribution < -0.4 is 5.32 Å². The molecule has 0 rings (SSSR count). The number of thioether (sulfide) groups is 1. The van der Waals surface area contributed by atoms with Crippen LogP contribution in [-0.4, -0.2) is 46.6 Å². The predicted molar refractivity (Wildman–Crippen MR) is 114 cm³/mol. The largest absolute Gasteiger partial charge is 0.309 e. The monoisotopic (exact) mass is 358 g/mol. The quantitative estimate of drug-likeness (QED) is 0.502. The molecule has 3 atom stereocenters. The second-order valence-corrected chi connectivity index (χ2v) is 11.5. The average molecular weight is 359 g/mol. The molecule has 0 aliphatic heterocycles. The highest BCUT2D eigenvalue weighted by atomic mass is 32.2. The van der Waals surface area contributed by atoms with Gasteiger partial charge in [0.25, 0.3) is 0 Å². The van der Waals surface area contributed by atoms with Gasteiger partial charge in [-0.1, -0.05) is 27.7 Å². The van der Waals surface area contributed by atoms with Gasteiger partial charge in [0.1, 0.15) is 0 Å². The van der Waals surface area contributed by atoms with Gasteiger partial charge >= 0.3 is 0 Å². The molecule has 0 aromatic heterocycles. The molecule has 0 bridgehead atoms. The molecule has 0 amide bonds. The minimum atomic E-state index is 0.220. The van der Waals surface area contributed by atoms with E-state index in [-0.39, 0.29) is 5.54 Å². The Hall–Kier alpha value is 0.270. The summed E-state index contributed by atoms with van der Waals surface area (Å²) in [5, 5.41) is 4.56. The molecule has 0 aromatic rings. The molecule has 24 heavy (non-hydrogen) atoms. The van der Waals surface area contributed by atoms with Crippen molar-refractivity contribution in [3.8, 4) is 0 Å². The summed E-state index contributed by atoms with van der Waals surface area (Å²) in [6.45, 7) is 23.3. The number of nitrogens with one attached hydrogen (secondary N) is 1. The predicted octanol–water partition coefficient (Wildman–Crippen LogP) is 5.81. The number of nitrogens with zero attached hydrogens (tertiary/aromatic N) is 1. The van der Waals surface area contributed by atoms with Crippen LogP contribution in [-0.2, 0) is 0 Å². The average Bonchev–Trinajstić information content (AvgIpc) is 2.33. The van der Waals surface area contributed by atoms with Gasteiger partial charge in [-0.2, -0.15) is 11.8 Å². The van der Waals surface area contributed by atoms with Gasteiger partial charge in [0.05, 0.1) is 0 Å². The van der Waals surface area contributed by atoms with Crippen LogP contribution in [0.5, 0.6) is 0 Å². The Kier molecular flexibility index (Phi) is 10.5. The van der Waals surface area contributed by atoms with Crippen molar-refractivity contribution in [3.05, 3.63) is 0 Å². The molecule has 0 fully saturated rings. The van der Waals surface area contributed by atoms with Crippen LogP contribution in [0, 0.1) is 5.41 Å². The summed E-state index contributed by atoms with van der Waals surface area (Å²) in [7, 11) is 2.25. The van der Waals surface area contributed by atoms with Gasteiger partial charge in [0, 0.05) is 28.9 Å². The van der Waals surface area contributed by atoms with Crippen molar-refractivity contribution in [2.24, 2.45) is 5.41 Å². The fourth-order valence-electron chi connectivity index (χ4n) is 3.45. The minimum absolute atomic E-state index is 0.220. The van der Waals surface area contributed by atoms with Crippen molar-refractivity contribution in [3.63, 3.8) is 0 Å². The van der Waals surface area contributed by atoms with Gasteiger partial charge in [-0.05, 0) is 79.0 Å². The Morgan fingerprint density at radius 2 is 1.50 bits per heavy atom. The van der Waals surface area contributed by atoms with Crippen LogP contribution in [0.15, 0.2) is 0 Å². The first-order valence-corrected chi connectivity index (χ1v) is 10.9. The first-order valence-electron chi connectivity index (χ1n) is 9.85. The Morgan fingerprint density at radius 3 is 1.96 bits per heavy atom. The molecule has 2 nitrogen and oxygen atoms in total. The molecule has 0 heterocycles. The van der Waals surface area contributed by atoms with Crippen molar-refractivity contribution in [2.75, 3.05) is 12.8 Å². The third kappa shape index (κ3) is 11.8. The van der Waals surface area contributed by atoms with E-state index in [1.165, 1.54) is 25.0 Å². The zero-order valence-electron chi connectivity index (χ0n) is 18.5. The number of hydrogen-bond donors (Lipinski definition) is 1. The Bertz CT molecular complexity index is 333. The van der Waals surface area contributed by atoms with Crippen molar-refractivity contribution >= 4 is 11.8 Å². The summed E-state index contributed by atoms with van der Waals surface area (Å²) >= 11 is 2.13. The molecule has 3 heteroatoms. The summed E-state index contributed by atoms with van der Waals surface area (Å²) in [6, 6.07) is 1.86. The van der Waals surface area contributed by atoms with Crippen molar-refractivity contribution in [2.45, 2.75) is 117 Å². The van der Waals surface area contributed by atoms with Crippen molar-refractivity contribution in [1.82, 2.24) is 10.2 Å². The van der Waals surface area contributed by atoms with Gasteiger partial charge in [-0.15, -0.1) is 0 Å². The summed E-state index contributed by atoms with van der Waals surface area (Å²) in [6.07, 6.45) is 3.72. The Labute approximate surface area is 157 Å². The normalized spacial score (nSPS) is 17.4. The third-order valence-corrected chi connectivity index (χ3v) is 6.07. The lowest BCUT2D eigenvalue weighted by molar-refractivity contribution is 0.199. The topological polar surface area (TPSA) is 15.3 Å². The molecule has 0 aliphatic rings. The molecular weight excluding hydrogens is 312 g/mol. The van der Waals surface area contributed by atoms with E-state index < -0.39 is 0 Å². The highest BCUT2D eigenvalue weighted by molar-refractivity contribution is 7.99. The van der Waals surface area contributed by atoms with Gasteiger partial charge in [0.15, 0.2) is 0 Å². The van der Waals surface area contributed by atoms with Crippen LogP contribution >= 0.6 is 11.8 Å². The van der Waals surface area contributed by atoms with E-state index in [2.05, 4.69) is 98.3 Å². The molecule has 0 saturated carbocycles. The van der Waals surface area contributed by atoms with E-state index in [0.29, 0.717) is 23.5 Å². The Morgan fingerprint density at radius 1 is 0.958 bits per heavy atom. The van der Waals surface area contributed by atoms with E-state index in [9.17, 15) is 0 Å². The molecule has 3 unspecified atom stereocenters. The van der Waals surface area contributed by atoms with Gasteiger partial charge in [-0.25, -0.2) is 0 Å². The molecule has 1 N–H and O–H groups in total. The van der Waals surface area contributed by atoms with Crippen molar-refractivity contribution < 1.29 is 0 Å². The van der Waals surface area contributed by atoms with E-state index in [1.54, 1.807) is 0 Å². The lowest BCUT2D eigenvalue weighted by atomic mass is 9.87. The first-order chi connectivity index (χ1) is 10.7. The van der Waals surface area contributed by atoms with E-state index in [0.717, 1.165) is 5.25 Å². The fraction of sp³-hybridized carbons (Fsp3) is 1.00. The summed E-state index contributed by atoms with van der Waals surface area (Å²) in [5.74, 6) is 1.24. The maximum Gasteiger partial charge on any atom is 0.0135 e. The smallest absolute Gasteiger partial charge is 0.0135 e. The van der Waals surface area contributed by atoms with Gasteiger partial charge in [-0.3, -0.25) is 0 Å². The van der Waals surface area contributed by atoms with E-state index in [1.807, 2.05) is 0 Å². The zero-order valence-corrected chi connectivity index (χ0v) is 19.3. The van der Waals surface area contributed by atoms with Crippen molar-refractivity contribution in [1.29, 1.82) is 0 Å². The highest BCUT2D eigenvalue weighted by Crippen LogP contribution is 2.25. The van der Waals surface area contributed by atoms with Crippen LogP contribution in [0.25, 0.3) is 0 Å². The molecular formula is C21H46N2S. The second kappa shape index (κ2) is 10.4. The Balaban J connectivity index is 4.15. The maximum absolute atomic E-state index is 3.84. The van der Waals surface area contributed by atoms with E-state index in [4.69, 9.17) is 0 Å². The highest BCUT2D eigenvalue weighted by Gasteiger charge is 2.23. The molecule has 0 radical (unpaired) electrons. The SMILES string of the molecule is CC(CC(C)(C)C)NC(C)(C)CCSC(C)CC(C)N(C)C(C)C. The summed E-state index contributed by atoms with van der Waals surface area (Å²) in [4.78, 5) is 2.48.